The van der Waals surface area contributed by atoms with E-state index in [1.807, 2.05) is 34.7 Å². The molecule has 0 aliphatic heterocycles. The molecular weight excluding hydrogens is 206 g/mol. The Hall–Kier alpha value is -0.810. The molecular formula is C11H25N3O2. The fourth-order valence-electron chi connectivity index (χ4n) is 1.13. The molecule has 0 amide bonds. The highest BCUT2D eigenvalue weighted by Gasteiger charge is 2.27. The van der Waals surface area contributed by atoms with Crippen molar-refractivity contribution in [3.63, 3.8) is 0 Å². The summed E-state index contributed by atoms with van der Waals surface area (Å²) in [4.78, 5) is 2.07. The zero-order valence-corrected chi connectivity index (χ0v) is 11.0. The number of likely N-dealkylation sites (N-methyl/N-ethyl adjacent to an activating group) is 1. The lowest BCUT2D eigenvalue weighted by Crippen LogP contribution is -2.46. The van der Waals surface area contributed by atoms with E-state index in [0.29, 0.717) is 0 Å². The Labute approximate surface area is 97.9 Å². The van der Waals surface area contributed by atoms with E-state index in [1.54, 1.807) is 0 Å². The molecule has 0 rings (SSSR count). The van der Waals surface area contributed by atoms with Crippen molar-refractivity contribution in [1.29, 1.82) is 0 Å². The van der Waals surface area contributed by atoms with Gasteiger partial charge in [0, 0.05) is 11.0 Å². The van der Waals surface area contributed by atoms with Crippen molar-refractivity contribution in [2.45, 2.75) is 39.7 Å². The molecule has 0 fully saturated rings. The number of aliphatic hydroxyl groups excluding tert-OH is 1. The van der Waals surface area contributed by atoms with Gasteiger partial charge in [0.15, 0.2) is 0 Å². The molecule has 0 aliphatic carbocycles. The minimum Gasteiger partial charge on any atom is -0.409 e. The molecule has 16 heavy (non-hydrogen) atoms. The second kappa shape index (κ2) is 5.50. The lowest BCUT2D eigenvalue weighted by Gasteiger charge is -2.36. The highest BCUT2D eigenvalue weighted by Crippen LogP contribution is 2.22. The van der Waals surface area contributed by atoms with Crippen LogP contribution in [0.2, 0.25) is 0 Å². The maximum Gasteiger partial charge on any atom is 0.144 e. The number of nitrogens with two attached hydrogens (primary N) is 1. The Bertz CT molecular complexity index is 250. The van der Waals surface area contributed by atoms with E-state index in [9.17, 15) is 5.11 Å². The van der Waals surface area contributed by atoms with Gasteiger partial charge in [-0.3, -0.25) is 4.90 Å². The van der Waals surface area contributed by atoms with Crippen LogP contribution in [0.3, 0.4) is 0 Å². The SMILES string of the molecule is CN(CCC(C)(C)C(N)=NO)C(C)(C)CO. The van der Waals surface area contributed by atoms with Crippen molar-refractivity contribution < 1.29 is 10.3 Å². The summed E-state index contributed by atoms with van der Waals surface area (Å²) in [5.41, 5.74) is 5.02. The van der Waals surface area contributed by atoms with Gasteiger partial charge in [0.1, 0.15) is 5.84 Å². The molecule has 0 aromatic rings. The Kier molecular flexibility index (Phi) is 5.22. The average molecular weight is 231 g/mol. The monoisotopic (exact) mass is 231 g/mol. The van der Waals surface area contributed by atoms with Crippen molar-refractivity contribution in [1.82, 2.24) is 4.90 Å². The predicted octanol–water partition coefficient (Wildman–Crippen LogP) is 0.852. The molecule has 0 heterocycles. The predicted molar refractivity (Wildman–Crippen MR) is 65.6 cm³/mol. The van der Waals surface area contributed by atoms with E-state index in [4.69, 9.17) is 10.9 Å². The number of hydrogen-bond acceptors (Lipinski definition) is 4. The van der Waals surface area contributed by atoms with Crippen molar-refractivity contribution in [2.24, 2.45) is 16.3 Å². The second-order valence-corrected chi connectivity index (χ2v) is 5.51. The van der Waals surface area contributed by atoms with Crippen LogP contribution in [0.1, 0.15) is 34.1 Å². The first kappa shape index (κ1) is 15.2. The molecule has 0 saturated heterocycles. The highest BCUT2D eigenvalue weighted by molar-refractivity contribution is 5.85. The van der Waals surface area contributed by atoms with Gasteiger partial charge in [-0.1, -0.05) is 19.0 Å². The Morgan fingerprint density at radius 2 is 1.81 bits per heavy atom. The third kappa shape index (κ3) is 3.98. The third-order valence-electron chi connectivity index (χ3n) is 3.29. The fourth-order valence-corrected chi connectivity index (χ4v) is 1.13. The van der Waals surface area contributed by atoms with Gasteiger partial charge < -0.3 is 16.0 Å². The second-order valence-electron chi connectivity index (χ2n) is 5.51. The van der Waals surface area contributed by atoms with Crippen LogP contribution in [0.5, 0.6) is 0 Å². The molecule has 96 valence electrons. The van der Waals surface area contributed by atoms with Gasteiger partial charge >= 0.3 is 0 Å². The standard InChI is InChI=1S/C11H25N3O2/c1-10(2,9(12)13-16)6-7-14(5)11(3,4)8-15/h15-16H,6-8H2,1-5H3,(H2,12,13). The maximum absolute atomic E-state index is 9.22. The Balaban J connectivity index is 4.36. The largest absolute Gasteiger partial charge is 0.409 e. The maximum atomic E-state index is 9.22. The quantitative estimate of drug-likeness (QED) is 0.274. The summed E-state index contributed by atoms with van der Waals surface area (Å²) in [7, 11) is 1.96. The molecule has 0 radical (unpaired) electrons. The summed E-state index contributed by atoms with van der Waals surface area (Å²) in [6, 6.07) is 0. The summed E-state index contributed by atoms with van der Waals surface area (Å²) < 4.78 is 0. The molecule has 0 saturated carbocycles. The molecule has 0 unspecified atom stereocenters. The van der Waals surface area contributed by atoms with E-state index >= 15 is 0 Å². The van der Waals surface area contributed by atoms with Crippen LogP contribution in [0.15, 0.2) is 5.16 Å². The summed E-state index contributed by atoms with van der Waals surface area (Å²) in [5, 5.41) is 20.9. The van der Waals surface area contributed by atoms with Crippen molar-refractivity contribution in [3.8, 4) is 0 Å². The van der Waals surface area contributed by atoms with Crippen LogP contribution >= 0.6 is 0 Å². The minimum atomic E-state index is -0.339. The Morgan fingerprint density at radius 3 is 2.19 bits per heavy atom. The van der Waals surface area contributed by atoms with Crippen LogP contribution in [0.4, 0.5) is 0 Å². The summed E-state index contributed by atoms with van der Waals surface area (Å²) in [6.45, 7) is 8.70. The topological polar surface area (TPSA) is 82.1 Å². The first-order valence-electron chi connectivity index (χ1n) is 5.47. The number of nitrogens with zero attached hydrogens (tertiary/aromatic N) is 2. The lowest BCUT2D eigenvalue weighted by atomic mass is 9.87. The number of rotatable bonds is 6. The van der Waals surface area contributed by atoms with Crippen molar-refractivity contribution in [3.05, 3.63) is 0 Å². The molecule has 5 heteroatoms. The zero-order valence-electron chi connectivity index (χ0n) is 11.0. The van der Waals surface area contributed by atoms with E-state index in [1.165, 1.54) is 0 Å². The molecule has 0 spiro atoms. The first-order valence-corrected chi connectivity index (χ1v) is 5.47. The van der Waals surface area contributed by atoms with Gasteiger partial charge in [-0.15, -0.1) is 0 Å². The van der Waals surface area contributed by atoms with E-state index in [0.717, 1.165) is 13.0 Å². The molecule has 0 atom stereocenters. The van der Waals surface area contributed by atoms with Crippen LogP contribution in [-0.2, 0) is 0 Å². The van der Waals surface area contributed by atoms with Crippen LogP contribution in [0.25, 0.3) is 0 Å². The molecule has 0 bridgehead atoms. The molecule has 0 aromatic carbocycles. The van der Waals surface area contributed by atoms with E-state index < -0.39 is 0 Å². The normalized spacial score (nSPS) is 14.6. The number of aliphatic hydroxyl groups is 1. The third-order valence-corrected chi connectivity index (χ3v) is 3.29. The van der Waals surface area contributed by atoms with Crippen LogP contribution in [0, 0.1) is 5.41 Å². The summed E-state index contributed by atoms with van der Waals surface area (Å²) >= 11 is 0. The lowest BCUT2D eigenvalue weighted by molar-refractivity contribution is 0.0730. The average Bonchev–Trinajstić information content (AvgIpc) is 2.24. The van der Waals surface area contributed by atoms with Crippen LogP contribution in [-0.4, -0.2) is 46.8 Å². The Morgan fingerprint density at radius 1 is 1.31 bits per heavy atom. The number of amidine groups is 1. The fraction of sp³-hybridized carbons (Fsp3) is 0.909. The van der Waals surface area contributed by atoms with Gasteiger partial charge in [0.05, 0.1) is 6.61 Å². The molecule has 0 aromatic heterocycles. The molecule has 0 aliphatic rings. The van der Waals surface area contributed by atoms with Crippen molar-refractivity contribution >= 4 is 5.84 Å². The minimum absolute atomic E-state index is 0.105. The summed E-state index contributed by atoms with van der Waals surface area (Å²) in [5.74, 6) is 0.239. The van der Waals surface area contributed by atoms with Gasteiger partial charge in [-0.25, -0.2) is 0 Å². The number of hydrogen-bond donors (Lipinski definition) is 3. The van der Waals surface area contributed by atoms with Gasteiger partial charge in [0.25, 0.3) is 0 Å². The van der Waals surface area contributed by atoms with Gasteiger partial charge in [-0.2, -0.15) is 0 Å². The van der Waals surface area contributed by atoms with Gasteiger partial charge in [0.2, 0.25) is 0 Å². The molecule has 5 nitrogen and oxygen atoms in total. The van der Waals surface area contributed by atoms with E-state index in [2.05, 4.69) is 10.1 Å². The number of oxime groups is 1. The zero-order chi connectivity index (χ0) is 13.0. The highest BCUT2D eigenvalue weighted by atomic mass is 16.4. The molecule has 4 N–H and O–H groups in total. The van der Waals surface area contributed by atoms with Crippen LogP contribution < -0.4 is 5.73 Å². The first-order chi connectivity index (χ1) is 7.17. The van der Waals surface area contributed by atoms with E-state index in [-0.39, 0.29) is 23.4 Å². The summed E-state index contributed by atoms with van der Waals surface area (Å²) in [6.07, 6.45) is 0.767. The van der Waals surface area contributed by atoms with Crippen molar-refractivity contribution in [2.75, 3.05) is 20.2 Å². The van der Waals surface area contributed by atoms with Gasteiger partial charge in [-0.05, 0) is 33.9 Å². The smallest absolute Gasteiger partial charge is 0.144 e.